The molecule has 0 spiro atoms. The minimum Gasteiger partial charge on any atom is -0.481 e. The van der Waals surface area contributed by atoms with E-state index in [9.17, 15) is 13.2 Å². The first-order valence-electron chi connectivity index (χ1n) is 11.5. The fourth-order valence-electron chi connectivity index (χ4n) is 4.18. The Labute approximate surface area is 192 Å². The standard InChI is InChI=1S/C26H35NO4S/c1-6-21-8-10-22(11-9-21)16-27(23-13-14-32(29,30)17-23)26(28)20(5)31-25-15-19(4)7-12-24(25)18(2)3/h7-12,15,18,20,23H,6,13-14,16-17H2,1-5H3/t20-,23-/m0/s1. The van der Waals surface area contributed by atoms with E-state index in [1.807, 2.05) is 37.3 Å². The number of carbonyl (C=O) groups excluding carboxylic acids is 1. The van der Waals surface area contributed by atoms with Crippen LogP contribution in [-0.2, 0) is 27.6 Å². The molecule has 5 nitrogen and oxygen atoms in total. The molecule has 0 unspecified atom stereocenters. The van der Waals surface area contributed by atoms with E-state index in [0.29, 0.717) is 18.7 Å². The molecule has 0 N–H and O–H groups in total. The third-order valence-electron chi connectivity index (χ3n) is 6.16. The van der Waals surface area contributed by atoms with E-state index in [1.165, 1.54) is 5.56 Å². The molecule has 1 fully saturated rings. The van der Waals surface area contributed by atoms with Crippen LogP contribution in [0.4, 0.5) is 0 Å². The van der Waals surface area contributed by atoms with Gasteiger partial charge in [-0.2, -0.15) is 0 Å². The first-order valence-corrected chi connectivity index (χ1v) is 13.3. The van der Waals surface area contributed by atoms with Crippen molar-refractivity contribution < 1.29 is 17.9 Å². The predicted octanol–water partition coefficient (Wildman–Crippen LogP) is 4.66. The number of nitrogens with zero attached hydrogens (tertiary/aromatic N) is 1. The quantitative estimate of drug-likeness (QED) is 0.578. The topological polar surface area (TPSA) is 63.7 Å². The van der Waals surface area contributed by atoms with Crippen LogP contribution in [0.3, 0.4) is 0 Å². The number of rotatable bonds is 8. The summed E-state index contributed by atoms with van der Waals surface area (Å²) in [5, 5.41) is 0. The highest BCUT2D eigenvalue weighted by atomic mass is 32.2. The van der Waals surface area contributed by atoms with Gasteiger partial charge in [-0.1, -0.05) is 57.2 Å². The van der Waals surface area contributed by atoms with Crippen LogP contribution in [0.1, 0.15) is 62.3 Å². The van der Waals surface area contributed by atoms with E-state index >= 15 is 0 Å². The van der Waals surface area contributed by atoms with Crippen molar-refractivity contribution in [1.29, 1.82) is 0 Å². The maximum absolute atomic E-state index is 13.5. The van der Waals surface area contributed by atoms with E-state index in [-0.39, 0.29) is 29.4 Å². The molecule has 0 radical (unpaired) electrons. The normalized spacial score (nSPS) is 18.5. The molecule has 0 saturated carbocycles. The molecule has 174 valence electrons. The minimum atomic E-state index is -3.12. The molecule has 2 aromatic rings. The van der Waals surface area contributed by atoms with Crippen LogP contribution in [0.25, 0.3) is 0 Å². The molecule has 32 heavy (non-hydrogen) atoms. The van der Waals surface area contributed by atoms with Crippen molar-refractivity contribution in [2.75, 3.05) is 11.5 Å². The monoisotopic (exact) mass is 457 g/mol. The van der Waals surface area contributed by atoms with Gasteiger partial charge in [-0.05, 0) is 60.9 Å². The Balaban J connectivity index is 1.85. The molecule has 0 aromatic heterocycles. The van der Waals surface area contributed by atoms with Gasteiger partial charge in [-0.3, -0.25) is 4.79 Å². The fraction of sp³-hybridized carbons (Fsp3) is 0.500. The predicted molar refractivity (Wildman–Crippen MR) is 129 cm³/mol. The number of aryl methyl sites for hydroxylation is 2. The molecular weight excluding hydrogens is 422 g/mol. The summed E-state index contributed by atoms with van der Waals surface area (Å²) in [6, 6.07) is 13.9. The maximum Gasteiger partial charge on any atom is 0.263 e. The molecule has 2 aromatic carbocycles. The molecule has 1 saturated heterocycles. The lowest BCUT2D eigenvalue weighted by Crippen LogP contribution is -2.46. The molecule has 1 heterocycles. The minimum absolute atomic E-state index is 0.0141. The molecule has 1 amide bonds. The summed E-state index contributed by atoms with van der Waals surface area (Å²) in [7, 11) is -3.12. The van der Waals surface area contributed by atoms with Gasteiger partial charge in [0.05, 0.1) is 11.5 Å². The summed E-state index contributed by atoms with van der Waals surface area (Å²) >= 11 is 0. The average molecular weight is 458 g/mol. The highest BCUT2D eigenvalue weighted by Gasteiger charge is 2.36. The van der Waals surface area contributed by atoms with Gasteiger partial charge in [0.15, 0.2) is 15.9 Å². The van der Waals surface area contributed by atoms with Gasteiger partial charge in [0.25, 0.3) is 5.91 Å². The third kappa shape index (κ3) is 5.91. The summed E-state index contributed by atoms with van der Waals surface area (Å²) in [6.07, 6.45) is 0.700. The Morgan fingerprint density at radius 1 is 1.09 bits per heavy atom. The largest absolute Gasteiger partial charge is 0.481 e. The highest BCUT2D eigenvalue weighted by molar-refractivity contribution is 7.91. The molecule has 6 heteroatoms. The molecular formula is C26H35NO4S. The van der Waals surface area contributed by atoms with E-state index in [4.69, 9.17) is 4.74 Å². The number of sulfone groups is 1. The Hall–Kier alpha value is -2.34. The number of amides is 1. The maximum atomic E-state index is 13.5. The van der Waals surface area contributed by atoms with Crippen LogP contribution in [0.2, 0.25) is 0 Å². The lowest BCUT2D eigenvalue weighted by molar-refractivity contribution is -0.140. The summed E-state index contributed by atoms with van der Waals surface area (Å²) in [4.78, 5) is 15.3. The Bertz CT molecular complexity index is 1040. The number of benzene rings is 2. The fourth-order valence-corrected chi connectivity index (χ4v) is 5.91. The van der Waals surface area contributed by atoms with Gasteiger partial charge >= 0.3 is 0 Å². The second-order valence-corrected chi connectivity index (χ2v) is 11.4. The van der Waals surface area contributed by atoms with E-state index in [0.717, 1.165) is 23.1 Å². The van der Waals surface area contributed by atoms with Crippen molar-refractivity contribution in [3.05, 3.63) is 64.7 Å². The SMILES string of the molecule is CCc1ccc(CN(C(=O)[C@H](C)Oc2cc(C)ccc2C(C)C)[C@H]2CCS(=O)(=O)C2)cc1. The van der Waals surface area contributed by atoms with Gasteiger partial charge in [0.1, 0.15) is 5.75 Å². The first kappa shape index (κ1) is 24.3. The molecule has 0 aliphatic carbocycles. The van der Waals surface area contributed by atoms with Crippen molar-refractivity contribution in [3.63, 3.8) is 0 Å². The summed E-state index contributed by atoms with van der Waals surface area (Å²) in [5.74, 6) is 0.942. The highest BCUT2D eigenvalue weighted by Crippen LogP contribution is 2.29. The second kappa shape index (κ2) is 10.1. The third-order valence-corrected chi connectivity index (χ3v) is 7.91. The van der Waals surface area contributed by atoms with Crippen molar-refractivity contribution in [2.45, 2.75) is 72.1 Å². The number of ether oxygens (including phenoxy) is 1. The van der Waals surface area contributed by atoms with Crippen LogP contribution < -0.4 is 4.74 Å². The smallest absolute Gasteiger partial charge is 0.263 e. The molecule has 1 aliphatic heterocycles. The molecule has 1 aliphatic rings. The molecule has 0 bridgehead atoms. The van der Waals surface area contributed by atoms with Crippen molar-refractivity contribution in [2.24, 2.45) is 0 Å². The van der Waals surface area contributed by atoms with Gasteiger partial charge < -0.3 is 9.64 Å². The zero-order valence-electron chi connectivity index (χ0n) is 19.8. The van der Waals surface area contributed by atoms with Crippen LogP contribution in [0, 0.1) is 6.92 Å². The van der Waals surface area contributed by atoms with Crippen molar-refractivity contribution >= 4 is 15.7 Å². The molecule has 2 atom stereocenters. The lowest BCUT2D eigenvalue weighted by atomic mass is 10.0. The first-order chi connectivity index (χ1) is 15.1. The zero-order chi connectivity index (χ0) is 23.5. The zero-order valence-corrected chi connectivity index (χ0v) is 20.6. The van der Waals surface area contributed by atoms with E-state index in [2.05, 4.69) is 32.9 Å². The van der Waals surface area contributed by atoms with Gasteiger partial charge in [-0.25, -0.2) is 8.42 Å². The van der Waals surface area contributed by atoms with Crippen molar-refractivity contribution in [3.8, 4) is 5.75 Å². The average Bonchev–Trinajstić information content (AvgIpc) is 3.11. The summed E-state index contributed by atoms with van der Waals surface area (Å²) < 4.78 is 30.5. The van der Waals surface area contributed by atoms with Gasteiger partial charge in [0.2, 0.25) is 0 Å². The Morgan fingerprint density at radius 3 is 2.31 bits per heavy atom. The summed E-state index contributed by atoms with van der Waals surface area (Å²) in [5.41, 5.74) is 4.34. The number of hydrogen-bond acceptors (Lipinski definition) is 4. The van der Waals surface area contributed by atoms with Crippen LogP contribution in [0.5, 0.6) is 5.75 Å². The van der Waals surface area contributed by atoms with Gasteiger partial charge in [-0.15, -0.1) is 0 Å². The number of carbonyl (C=O) groups is 1. The number of hydrogen-bond donors (Lipinski definition) is 0. The van der Waals surface area contributed by atoms with E-state index < -0.39 is 15.9 Å². The Morgan fingerprint density at radius 2 is 1.75 bits per heavy atom. The van der Waals surface area contributed by atoms with Crippen LogP contribution in [0.15, 0.2) is 42.5 Å². The summed E-state index contributed by atoms with van der Waals surface area (Å²) in [6.45, 7) is 10.4. The van der Waals surface area contributed by atoms with Gasteiger partial charge in [0, 0.05) is 12.6 Å². The lowest BCUT2D eigenvalue weighted by Gasteiger charge is -2.31. The second-order valence-electron chi connectivity index (χ2n) is 9.15. The Kier molecular flexibility index (Phi) is 7.65. The van der Waals surface area contributed by atoms with E-state index in [1.54, 1.807) is 11.8 Å². The van der Waals surface area contributed by atoms with Crippen LogP contribution >= 0.6 is 0 Å². The van der Waals surface area contributed by atoms with Crippen LogP contribution in [-0.4, -0.2) is 42.9 Å². The van der Waals surface area contributed by atoms with Crippen molar-refractivity contribution in [1.82, 2.24) is 4.90 Å². The molecule has 3 rings (SSSR count).